The number of aliphatic hydroxyl groups excluding tert-OH is 3. The number of fused-ring (bicyclic) bond motifs is 2. The number of ether oxygens (including phenoxy) is 3. The van der Waals surface area contributed by atoms with E-state index in [0.29, 0.717) is 5.57 Å². The first-order valence-corrected chi connectivity index (χ1v) is 10.0. The maximum absolute atomic E-state index is 12.3. The number of carbonyl (C=O) groups excluding carboxylic acids is 1. The minimum atomic E-state index is -1.42. The standard InChI is InChI=1S/C20H30O9/c1-9(2)5-12(21)29-14-10(3)6-11-19(7-27-25,16(14)24)18(4)15(23)13(22)17(28-11)20(18)8-26-20/h6,9,11,13-17,22-25H,5,7-8H2,1-4H3/t11?,13?,14-,15?,16-,17?,18-,19-,20-/m1/s1. The van der Waals surface area contributed by atoms with Crippen LogP contribution in [-0.4, -0.2) is 82.0 Å². The van der Waals surface area contributed by atoms with Crippen molar-refractivity contribution in [2.24, 2.45) is 16.7 Å². The summed E-state index contributed by atoms with van der Waals surface area (Å²) in [5.74, 6) is -0.374. The minimum Gasteiger partial charge on any atom is -0.455 e. The number of epoxide rings is 1. The average molecular weight is 414 g/mol. The first kappa shape index (κ1) is 21.2. The third-order valence-electron chi connectivity index (χ3n) is 7.60. The van der Waals surface area contributed by atoms with Crippen molar-refractivity contribution in [2.45, 2.75) is 76.3 Å². The van der Waals surface area contributed by atoms with Crippen molar-refractivity contribution < 1.29 is 44.5 Å². The second kappa shape index (κ2) is 6.71. The van der Waals surface area contributed by atoms with Gasteiger partial charge in [0.05, 0.1) is 30.8 Å². The highest BCUT2D eigenvalue weighted by atomic mass is 17.1. The lowest BCUT2D eigenvalue weighted by Crippen LogP contribution is -2.73. The van der Waals surface area contributed by atoms with Gasteiger partial charge in [0, 0.05) is 11.8 Å². The van der Waals surface area contributed by atoms with Crippen LogP contribution in [0.5, 0.6) is 0 Å². The molecule has 0 radical (unpaired) electrons. The Hall–Kier alpha value is -1.07. The summed E-state index contributed by atoms with van der Waals surface area (Å²) in [6, 6.07) is 0. The van der Waals surface area contributed by atoms with E-state index in [4.69, 9.17) is 14.2 Å². The molecule has 164 valence electrons. The molecule has 4 N–H and O–H groups in total. The molecule has 0 aromatic carbocycles. The van der Waals surface area contributed by atoms with Crippen molar-refractivity contribution in [1.29, 1.82) is 0 Å². The van der Waals surface area contributed by atoms with Crippen LogP contribution in [0.4, 0.5) is 0 Å². The number of rotatable bonds is 5. The highest BCUT2D eigenvalue weighted by Gasteiger charge is 2.86. The first-order valence-electron chi connectivity index (χ1n) is 10.0. The van der Waals surface area contributed by atoms with Crippen molar-refractivity contribution in [3.05, 3.63) is 11.6 Å². The van der Waals surface area contributed by atoms with E-state index in [9.17, 15) is 25.4 Å². The molecule has 9 heteroatoms. The highest BCUT2D eigenvalue weighted by Crippen LogP contribution is 2.71. The van der Waals surface area contributed by atoms with E-state index in [1.165, 1.54) is 0 Å². The Morgan fingerprint density at radius 3 is 2.52 bits per heavy atom. The van der Waals surface area contributed by atoms with Gasteiger partial charge in [-0.05, 0) is 18.4 Å². The SMILES string of the molecule is CC1=CC2OC3C(O)C(O)[C@@](C)([C@@]34CO4)[C@@]2(COO)[C@H](O)[C@@H]1OC(=O)CC(C)C. The number of hydrogen-bond donors (Lipinski definition) is 4. The van der Waals surface area contributed by atoms with Crippen LogP contribution < -0.4 is 0 Å². The van der Waals surface area contributed by atoms with Gasteiger partial charge in [-0.3, -0.25) is 10.1 Å². The zero-order valence-electron chi connectivity index (χ0n) is 17.1. The molecule has 2 saturated heterocycles. The molecule has 2 bridgehead atoms. The smallest absolute Gasteiger partial charge is 0.306 e. The number of esters is 1. The van der Waals surface area contributed by atoms with Crippen molar-refractivity contribution in [1.82, 2.24) is 0 Å². The van der Waals surface area contributed by atoms with Crippen LogP contribution in [0.25, 0.3) is 0 Å². The summed E-state index contributed by atoms with van der Waals surface area (Å²) in [6.45, 7) is 7.03. The van der Waals surface area contributed by atoms with E-state index >= 15 is 0 Å². The Labute approximate surface area is 169 Å². The fourth-order valence-electron chi connectivity index (χ4n) is 5.93. The minimum absolute atomic E-state index is 0.0845. The Morgan fingerprint density at radius 2 is 1.97 bits per heavy atom. The topological polar surface area (TPSA) is 138 Å². The van der Waals surface area contributed by atoms with Gasteiger partial charge in [0.2, 0.25) is 0 Å². The van der Waals surface area contributed by atoms with Crippen molar-refractivity contribution in [2.75, 3.05) is 13.2 Å². The zero-order valence-corrected chi connectivity index (χ0v) is 17.1. The molecule has 1 saturated carbocycles. The van der Waals surface area contributed by atoms with Gasteiger partial charge in [0.25, 0.3) is 0 Å². The summed E-state index contributed by atoms with van der Waals surface area (Å²) in [6.07, 6.45) is -4.58. The van der Waals surface area contributed by atoms with E-state index < -0.39 is 65.6 Å². The normalized spacial score (nSPS) is 50.4. The molecule has 3 fully saturated rings. The van der Waals surface area contributed by atoms with Gasteiger partial charge in [0.1, 0.15) is 30.0 Å². The molecule has 0 aromatic rings. The van der Waals surface area contributed by atoms with Crippen LogP contribution in [-0.2, 0) is 23.9 Å². The molecule has 29 heavy (non-hydrogen) atoms. The Bertz CT molecular complexity index is 717. The average Bonchev–Trinajstić information content (AvgIpc) is 3.42. The van der Waals surface area contributed by atoms with Gasteiger partial charge in [-0.15, -0.1) is 0 Å². The van der Waals surface area contributed by atoms with Crippen molar-refractivity contribution >= 4 is 5.97 Å². The molecule has 0 aromatic heterocycles. The van der Waals surface area contributed by atoms with Crippen LogP contribution >= 0.6 is 0 Å². The van der Waals surface area contributed by atoms with Gasteiger partial charge in [0.15, 0.2) is 0 Å². The third-order valence-corrected chi connectivity index (χ3v) is 7.60. The molecule has 9 atom stereocenters. The van der Waals surface area contributed by atoms with Crippen LogP contribution in [0.2, 0.25) is 0 Å². The predicted octanol–water partition coefficient (Wildman–Crippen LogP) is 0.0192. The van der Waals surface area contributed by atoms with Gasteiger partial charge < -0.3 is 29.5 Å². The van der Waals surface area contributed by atoms with Gasteiger partial charge >= 0.3 is 5.97 Å². The lowest BCUT2D eigenvalue weighted by atomic mass is 9.49. The third kappa shape index (κ3) is 2.49. The molecule has 4 rings (SSSR count). The maximum atomic E-state index is 12.3. The number of aliphatic hydroxyl groups is 3. The molecule has 4 aliphatic rings. The summed E-state index contributed by atoms with van der Waals surface area (Å²) in [4.78, 5) is 16.9. The fourth-order valence-corrected chi connectivity index (χ4v) is 5.93. The predicted molar refractivity (Wildman–Crippen MR) is 97.6 cm³/mol. The lowest BCUT2D eigenvalue weighted by Gasteiger charge is -2.60. The van der Waals surface area contributed by atoms with E-state index in [0.717, 1.165) is 0 Å². The molecule has 4 unspecified atom stereocenters. The quantitative estimate of drug-likeness (QED) is 0.161. The molecule has 1 spiro atoms. The Kier molecular flexibility index (Phi) is 4.90. The maximum Gasteiger partial charge on any atom is 0.306 e. The Balaban J connectivity index is 1.79. The van der Waals surface area contributed by atoms with Gasteiger partial charge in [-0.1, -0.05) is 26.8 Å². The van der Waals surface area contributed by atoms with E-state index in [-0.39, 0.29) is 18.9 Å². The van der Waals surface area contributed by atoms with Crippen LogP contribution in [0.15, 0.2) is 11.6 Å². The summed E-state index contributed by atoms with van der Waals surface area (Å²) < 4.78 is 17.4. The molecule has 2 aliphatic carbocycles. The highest BCUT2D eigenvalue weighted by molar-refractivity contribution is 5.70. The monoisotopic (exact) mass is 414 g/mol. The number of hydrogen-bond acceptors (Lipinski definition) is 9. The van der Waals surface area contributed by atoms with Crippen LogP contribution in [0.1, 0.15) is 34.1 Å². The van der Waals surface area contributed by atoms with Crippen molar-refractivity contribution in [3.63, 3.8) is 0 Å². The molecule has 9 nitrogen and oxygen atoms in total. The van der Waals surface area contributed by atoms with E-state index in [1.807, 2.05) is 13.8 Å². The molecule has 2 heterocycles. The second-order valence-electron chi connectivity index (χ2n) is 9.47. The largest absolute Gasteiger partial charge is 0.455 e. The number of carbonyl (C=O) groups is 1. The van der Waals surface area contributed by atoms with Gasteiger partial charge in [-0.25, -0.2) is 4.89 Å². The summed E-state index contributed by atoms with van der Waals surface area (Å²) >= 11 is 0. The first-order chi connectivity index (χ1) is 13.6. The fraction of sp³-hybridized carbons (Fsp3) is 0.850. The van der Waals surface area contributed by atoms with Crippen LogP contribution in [0.3, 0.4) is 0 Å². The molecule has 0 amide bonds. The second-order valence-corrected chi connectivity index (χ2v) is 9.47. The summed E-state index contributed by atoms with van der Waals surface area (Å²) in [7, 11) is 0. The summed E-state index contributed by atoms with van der Waals surface area (Å²) in [5, 5.41) is 42.6. The summed E-state index contributed by atoms with van der Waals surface area (Å²) in [5.41, 5.74) is -3.08. The molecule has 2 aliphatic heterocycles. The van der Waals surface area contributed by atoms with Crippen molar-refractivity contribution in [3.8, 4) is 0 Å². The zero-order chi connectivity index (χ0) is 21.4. The lowest BCUT2D eigenvalue weighted by molar-refractivity contribution is -0.334. The van der Waals surface area contributed by atoms with E-state index in [1.54, 1.807) is 19.9 Å². The van der Waals surface area contributed by atoms with Gasteiger partial charge in [-0.2, -0.15) is 0 Å². The van der Waals surface area contributed by atoms with E-state index in [2.05, 4.69) is 4.89 Å². The Morgan fingerprint density at radius 1 is 1.31 bits per heavy atom. The molecular weight excluding hydrogens is 384 g/mol. The van der Waals surface area contributed by atoms with Crippen LogP contribution in [0, 0.1) is 16.7 Å². The molecular formula is C20H30O9.